The quantitative estimate of drug-likeness (QED) is 0.775. The van der Waals surface area contributed by atoms with Crippen LogP contribution in [0.1, 0.15) is 16.8 Å². The molecule has 0 saturated heterocycles. The summed E-state index contributed by atoms with van der Waals surface area (Å²) in [5.41, 5.74) is 2.04. The van der Waals surface area contributed by atoms with Gasteiger partial charge in [-0.1, -0.05) is 6.07 Å². The molecular formula is C19H15N3O3. The van der Waals surface area contributed by atoms with E-state index in [1.54, 1.807) is 37.4 Å². The Morgan fingerprint density at radius 2 is 1.88 bits per heavy atom. The zero-order valence-corrected chi connectivity index (χ0v) is 13.5. The standard InChI is InChI=1S/C19H15N3O3/c1-24-17-8-4-14(10-15-5-9-19(23)22-21-15)11-18(17)25-16-6-2-13(12-20)3-7-16/h2-9,11H,10H2,1H3,(H,22,23). The van der Waals surface area contributed by atoms with Crippen molar-refractivity contribution >= 4 is 0 Å². The van der Waals surface area contributed by atoms with Crippen LogP contribution in [0.4, 0.5) is 0 Å². The first-order valence-corrected chi connectivity index (χ1v) is 7.57. The van der Waals surface area contributed by atoms with Crippen LogP contribution in [-0.2, 0) is 6.42 Å². The van der Waals surface area contributed by atoms with Crippen molar-refractivity contribution in [2.24, 2.45) is 0 Å². The van der Waals surface area contributed by atoms with Gasteiger partial charge in [0.15, 0.2) is 11.5 Å². The van der Waals surface area contributed by atoms with Crippen LogP contribution >= 0.6 is 0 Å². The highest BCUT2D eigenvalue weighted by Gasteiger charge is 2.09. The van der Waals surface area contributed by atoms with E-state index in [4.69, 9.17) is 14.7 Å². The fraction of sp³-hybridized carbons (Fsp3) is 0.105. The zero-order valence-electron chi connectivity index (χ0n) is 13.5. The summed E-state index contributed by atoms with van der Waals surface area (Å²) in [6, 6.07) is 17.6. The number of nitrogens with one attached hydrogen (secondary N) is 1. The fourth-order valence-electron chi connectivity index (χ4n) is 2.32. The zero-order chi connectivity index (χ0) is 17.6. The maximum Gasteiger partial charge on any atom is 0.264 e. The minimum atomic E-state index is -0.233. The van der Waals surface area contributed by atoms with Crippen LogP contribution in [0.5, 0.6) is 17.2 Å². The Balaban J connectivity index is 1.85. The van der Waals surface area contributed by atoms with E-state index in [0.717, 1.165) is 11.3 Å². The number of H-pyrrole nitrogens is 1. The van der Waals surface area contributed by atoms with Gasteiger partial charge in [0.2, 0.25) is 0 Å². The molecule has 0 fully saturated rings. The van der Waals surface area contributed by atoms with Gasteiger partial charge in [0.25, 0.3) is 5.56 Å². The highest BCUT2D eigenvalue weighted by atomic mass is 16.5. The van der Waals surface area contributed by atoms with Gasteiger partial charge in [-0.25, -0.2) is 5.10 Å². The van der Waals surface area contributed by atoms with Crippen molar-refractivity contribution in [2.75, 3.05) is 7.11 Å². The topological polar surface area (TPSA) is 88.0 Å². The van der Waals surface area contributed by atoms with Crippen LogP contribution < -0.4 is 15.0 Å². The molecule has 2 aromatic carbocycles. The average Bonchev–Trinajstić information content (AvgIpc) is 2.64. The van der Waals surface area contributed by atoms with Crippen molar-refractivity contribution in [1.82, 2.24) is 10.2 Å². The molecule has 3 rings (SSSR count). The number of hydrogen-bond acceptors (Lipinski definition) is 5. The maximum absolute atomic E-state index is 11.1. The van der Waals surface area contributed by atoms with E-state index in [1.807, 2.05) is 18.2 Å². The third kappa shape index (κ3) is 4.03. The van der Waals surface area contributed by atoms with Gasteiger partial charge < -0.3 is 9.47 Å². The van der Waals surface area contributed by atoms with Crippen LogP contribution in [0.15, 0.2) is 59.4 Å². The molecule has 0 aliphatic rings. The molecule has 25 heavy (non-hydrogen) atoms. The molecule has 0 amide bonds. The first-order valence-electron chi connectivity index (χ1n) is 7.57. The Bertz CT molecular complexity index is 952. The van der Waals surface area contributed by atoms with E-state index >= 15 is 0 Å². The van der Waals surface area contributed by atoms with Crippen molar-refractivity contribution < 1.29 is 9.47 Å². The van der Waals surface area contributed by atoms with Crippen LogP contribution in [0.3, 0.4) is 0 Å². The minimum Gasteiger partial charge on any atom is -0.493 e. The van der Waals surface area contributed by atoms with Crippen molar-refractivity contribution in [2.45, 2.75) is 6.42 Å². The molecule has 0 unspecified atom stereocenters. The van der Waals surface area contributed by atoms with Gasteiger partial charge in [0.05, 0.1) is 24.4 Å². The van der Waals surface area contributed by atoms with Gasteiger partial charge in [-0.2, -0.15) is 10.4 Å². The summed E-state index contributed by atoms with van der Waals surface area (Å²) < 4.78 is 11.2. The molecule has 6 nitrogen and oxygen atoms in total. The van der Waals surface area contributed by atoms with Gasteiger partial charge in [0, 0.05) is 12.5 Å². The SMILES string of the molecule is COc1ccc(Cc2ccc(=O)[nH]n2)cc1Oc1ccc(C#N)cc1. The molecule has 0 aliphatic heterocycles. The molecule has 1 N–H and O–H groups in total. The van der Waals surface area contributed by atoms with Crippen LogP contribution in [0.25, 0.3) is 0 Å². The van der Waals surface area contributed by atoms with Crippen LogP contribution in [0.2, 0.25) is 0 Å². The highest BCUT2D eigenvalue weighted by molar-refractivity contribution is 5.47. The Kier molecular flexibility index (Phi) is 4.77. The smallest absolute Gasteiger partial charge is 0.264 e. The first-order chi connectivity index (χ1) is 12.2. The van der Waals surface area contributed by atoms with E-state index in [-0.39, 0.29) is 5.56 Å². The van der Waals surface area contributed by atoms with Crippen LogP contribution in [-0.4, -0.2) is 17.3 Å². The number of aromatic amines is 1. The lowest BCUT2D eigenvalue weighted by Crippen LogP contribution is -2.07. The Labute approximate surface area is 144 Å². The molecule has 0 bridgehead atoms. The van der Waals surface area contributed by atoms with Crippen molar-refractivity contribution in [3.63, 3.8) is 0 Å². The third-order valence-corrected chi connectivity index (χ3v) is 3.56. The molecule has 0 spiro atoms. The summed E-state index contributed by atoms with van der Waals surface area (Å²) in [4.78, 5) is 11.1. The van der Waals surface area contributed by atoms with Crippen molar-refractivity contribution in [3.05, 3.63) is 81.8 Å². The van der Waals surface area contributed by atoms with E-state index in [0.29, 0.717) is 29.2 Å². The summed E-state index contributed by atoms with van der Waals surface area (Å²) >= 11 is 0. The second-order valence-corrected chi connectivity index (χ2v) is 5.31. The molecule has 1 aromatic heterocycles. The fourth-order valence-corrected chi connectivity index (χ4v) is 2.32. The number of aromatic nitrogens is 2. The van der Waals surface area contributed by atoms with E-state index in [9.17, 15) is 4.79 Å². The van der Waals surface area contributed by atoms with Gasteiger partial charge in [-0.05, 0) is 48.0 Å². The molecule has 0 atom stereocenters. The van der Waals surface area contributed by atoms with Gasteiger partial charge in [-0.15, -0.1) is 0 Å². The molecule has 3 aromatic rings. The predicted octanol–water partition coefficient (Wildman–Crippen LogP) is 3.03. The highest BCUT2D eigenvalue weighted by Crippen LogP contribution is 2.33. The third-order valence-electron chi connectivity index (χ3n) is 3.56. The molecule has 0 radical (unpaired) electrons. The summed E-state index contributed by atoms with van der Waals surface area (Å²) in [7, 11) is 1.57. The Morgan fingerprint density at radius 1 is 1.08 bits per heavy atom. The average molecular weight is 333 g/mol. The van der Waals surface area contributed by atoms with E-state index < -0.39 is 0 Å². The van der Waals surface area contributed by atoms with Crippen molar-refractivity contribution in [3.8, 4) is 23.3 Å². The molecule has 0 aliphatic carbocycles. The lowest BCUT2D eigenvalue weighted by molar-refractivity contribution is 0.378. The number of benzene rings is 2. The largest absolute Gasteiger partial charge is 0.493 e. The first kappa shape index (κ1) is 16.3. The monoisotopic (exact) mass is 333 g/mol. The van der Waals surface area contributed by atoms with Gasteiger partial charge in [0.1, 0.15) is 5.75 Å². The van der Waals surface area contributed by atoms with E-state index in [1.165, 1.54) is 6.07 Å². The van der Waals surface area contributed by atoms with E-state index in [2.05, 4.69) is 16.3 Å². The number of ether oxygens (including phenoxy) is 2. The van der Waals surface area contributed by atoms with Gasteiger partial charge >= 0.3 is 0 Å². The molecule has 1 heterocycles. The summed E-state index contributed by atoms with van der Waals surface area (Å²) in [6.45, 7) is 0. The minimum absolute atomic E-state index is 0.233. The summed E-state index contributed by atoms with van der Waals surface area (Å²) in [5.74, 6) is 1.77. The number of hydrogen-bond donors (Lipinski definition) is 1. The second-order valence-electron chi connectivity index (χ2n) is 5.31. The number of methoxy groups -OCH3 is 1. The Hall–Kier alpha value is -3.59. The maximum atomic E-state index is 11.1. The predicted molar refractivity (Wildman–Crippen MR) is 91.9 cm³/mol. The lowest BCUT2D eigenvalue weighted by atomic mass is 10.1. The number of nitriles is 1. The molecule has 6 heteroatoms. The Morgan fingerprint density at radius 3 is 2.52 bits per heavy atom. The number of nitrogens with zero attached hydrogens (tertiary/aromatic N) is 2. The molecule has 0 saturated carbocycles. The van der Waals surface area contributed by atoms with Crippen molar-refractivity contribution in [1.29, 1.82) is 5.26 Å². The second kappa shape index (κ2) is 7.32. The van der Waals surface area contributed by atoms with Gasteiger partial charge in [-0.3, -0.25) is 4.79 Å². The molecular weight excluding hydrogens is 318 g/mol. The van der Waals surface area contributed by atoms with Crippen LogP contribution in [0, 0.1) is 11.3 Å². The lowest BCUT2D eigenvalue weighted by Gasteiger charge is -2.12. The number of rotatable bonds is 5. The normalized spacial score (nSPS) is 10.1. The summed E-state index contributed by atoms with van der Waals surface area (Å²) in [6.07, 6.45) is 0.546. The molecule has 124 valence electrons. The summed E-state index contributed by atoms with van der Waals surface area (Å²) in [5, 5.41) is 15.3.